The van der Waals surface area contributed by atoms with Gasteiger partial charge in [0.2, 0.25) is 0 Å². The van der Waals surface area contributed by atoms with E-state index >= 15 is 0 Å². The van der Waals surface area contributed by atoms with E-state index in [2.05, 4.69) is 4.74 Å². The quantitative estimate of drug-likeness (QED) is 0.680. The molecule has 1 aromatic carbocycles. The van der Waals surface area contributed by atoms with Gasteiger partial charge in [0.05, 0.1) is 24.0 Å². The Morgan fingerprint density at radius 3 is 3.00 bits per heavy atom. The maximum Gasteiger partial charge on any atom is 0.339 e. The highest BCUT2D eigenvalue weighted by Crippen LogP contribution is 2.25. The summed E-state index contributed by atoms with van der Waals surface area (Å²) in [5.74, 6) is -0.446. The van der Waals surface area contributed by atoms with Crippen LogP contribution in [0.15, 0.2) is 28.9 Å². The normalized spacial score (nSPS) is 10.4. The van der Waals surface area contributed by atoms with Crippen molar-refractivity contribution in [3.05, 3.63) is 35.0 Å². The molecule has 0 radical (unpaired) electrons. The molecule has 0 unspecified atom stereocenters. The zero-order valence-electron chi connectivity index (χ0n) is 7.41. The van der Waals surface area contributed by atoms with Crippen molar-refractivity contribution in [1.82, 2.24) is 0 Å². The number of ether oxygens (including phenoxy) is 1. The molecule has 0 saturated heterocycles. The maximum absolute atomic E-state index is 11.3. The van der Waals surface area contributed by atoms with E-state index in [0.717, 1.165) is 5.39 Å². The van der Waals surface area contributed by atoms with Crippen LogP contribution in [0.4, 0.5) is 0 Å². The third-order valence-corrected chi connectivity index (χ3v) is 2.26. The molecule has 0 aliphatic heterocycles. The molecular formula is C10H7ClO3. The number of methoxy groups -OCH3 is 1. The van der Waals surface area contributed by atoms with E-state index in [4.69, 9.17) is 16.0 Å². The van der Waals surface area contributed by atoms with Crippen molar-refractivity contribution in [2.75, 3.05) is 7.11 Å². The van der Waals surface area contributed by atoms with E-state index in [1.54, 1.807) is 24.5 Å². The van der Waals surface area contributed by atoms with Crippen molar-refractivity contribution in [1.29, 1.82) is 0 Å². The van der Waals surface area contributed by atoms with Gasteiger partial charge in [-0.1, -0.05) is 11.6 Å². The molecule has 0 saturated carbocycles. The number of hydrogen-bond acceptors (Lipinski definition) is 3. The summed E-state index contributed by atoms with van der Waals surface area (Å²) in [5, 5.41) is 1.16. The second-order valence-corrected chi connectivity index (χ2v) is 3.19. The van der Waals surface area contributed by atoms with Gasteiger partial charge in [0, 0.05) is 11.5 Å². The lowest BCUT2D eigenvalue weighted by molar-refractivity contribution is 0.0601. The molecule has 0 aliphatic rings. The molecule has 72 valence electrons. The van der Waals surface area contributed by atoms with Crippen LogP contribution in [0.5, 0.6) is 0 Å². The van der Waals surface area contributed by atoms with E-state index < -0.39 is 5.97 Å². The Morgan fingerprint density at radius 1 is 1.50 bits per heavy atom. The van der Waals surface area contributed by atoms with Crippen LogP contribution in [0.3, 0.4) is 0 Å². The highest BCUT2D eigenvalue weighted by molar-refractivity contribution is 6.34. The van der Waals surface area contributed by atoms with Crippen molar-refractivity contribution in [3.8, 4) is 0 Å². The fourth-order valence-electron chi connectivity index (χ4n) is 1.25. The predicted molar refractivity (Wildman–Crippen MR) is 52.6 cm³/mol. The average Bonchev–Trinajstić information content (AvgIpc) is 2.62. The van der Waals surface area contributed by atoms with Crippen molar-refractivity contribution in [3.63, 3.8) is 0 Å². The smallest absolute Gasteiger partial charge is 0.339 e. The molecule has 0 spiro atoms. The number of halogens is 1. The Balaban J connectivity index is 2.64. The Hall–Kier alpha value is -1.48. The van der Waals surface area contributed by atoms with Crippen LogP contribution >= 0.6 is 11.6 Å². The van der Waals surface area contributed by atoms with Gasteiger partial charge in [-0.25, -0.2) is 4.79 Å². The molecule has 2 aromatic rings. The first-order chi connectivity index (χ1) is 6.72. The largest absolute Gasteiger partial charge is 0.465 e. The summed E-state index contributed by atoms with van der Waals surface area (Å²) in [6.07, 6.45) is 1.54. The van der Waals surface area contributed by atoms with Crippen LogP contribution < -0.4 is 0 Å². The number of fused-ring (bicyclic) bond motifs is 1. The van der Waals surface area contributed by atoms with Gasteiger partial charge in [0.25, 0.3) is 0 Å². The molecule has 2 rings (SSSR count). The molecule has 0 aliphatic carbocycles. The molecule has 3 nitrogen and oxygen atoms in total. The molecule has 0 amide bonds. The number of furan rings is 1. The van der Waals surface area contributed by atoms with Gasteiger partial charge in [-0.3, -0.25) is 0 Å². The first-order valence-electron chi connectivity index (χ1n) is 3.97. The Kier molecular flexibility index (Phi) is 2.17. The molecule has 0 bridgehead atoms. The van der Waals surface area contributed by atoms with Crippen molar-refractivity contribution >= 4 is 28.5 Å². The maximum atomic E-state index is 11.3. The van der Waals surface area contributed by atoms with Gasteiger partial charge in [-0.2, -0.15) is 0 Å². The van der Waals surface area contributed by atoms with Gasteiger partial charge < -0.3 is 9.15 Å². The highest BCUT2D eigenvalue weighted by atomic mass is 35.5. The van der Waals surface area contributed by atoms with E-state index in [1.807, 2.05) is 0 Å². The molecule has 1 heterocycles. The lowest BCUT2D eigenvalue weighted by atomic mass is 10.1. The van der Waals surface area contributed by atoms with Crippen LogP contribution in [-0.2, 0) is 4.74 Å². The summed E-state index contributed by atoms with van der Waals surface area (Å²) in [5.41, 5.74) is 1.01. The second-order valence-electron chi connectivity index (χ2n) is 2.78. The van der Waals surface area contributed by atoms with Gasteiger partial charge in [-0.05, 0) is 12.1 Å². The minimum Gasteiger partial charge on any atom is -0.465 e. The lowest BCUT2D eigenvalue weighted by Gasteiger charge is -2.01. The van der Waals surface area contributed by atoms with Gasteiger partial charge >= 0.3 is 5.97 Å². The standard InChI is InChI=1S/C10H7ClO3/c1-13-10(12)7-4-6-2-3-14-9(6)5-8(7)11/h2-5H,1H3. The number of rotatable bonds is 1. The Bertz CT molecular complexity index is 487. The molecule has 4 heteroatoms. The van der Waals surface area contributed by atoms with Gasteiger partial charge in [0.1, 0.15) is 5.58 Å². The van der Waals surface area contributed by atoms with Gasteiger partial charge in [0.15, 0.2) is 0 Å². The molecule has 0 fully saturated rings. The second kappa shape index (κ2) is 3.35. The summed E-state index contributed by atoms with van der Waals surface area (Å²) in [4.78, 5) is 11.3. The van der Waals surface area contributed by atoms with Crippen molar-refractivity contribution in [2.45, 2.75) is 0 Å². The first-order valence-corrected chi connectivity index (χ1v) is 4.35. The van der Waals surface area contributed by atoms with Crippen molar-refractivity contribution < 1.29 is 13.9 Å². The first kappa shape index (κ1) is 9.09. The fraction of sp³-hybridized carbons (Fsp3) is 0.100. The minimum atomic E-state index is -0.446. The number of hydrogen-bond donors (Lipinski definition) is 0. The van der Waals surface area contributed by atoms with Crippen LogP contribution in [0.25, 0.3) is 11.0 Å². The predicted octanol–water partition coefficient (Wildman–Crippen LogP) is 2.87. The SMILES string of the molecule is COC(=O)c1cc2ccoc2cc1Cl. The molecule has 14 heavy (non-hydrogen) atoms. The Morgan fingerprint density at radius 2 is 2.29 bits per heavy atom. The average molecular weight is 211 g/mol. The van der Waals surface area contributed by atoms with Crippen LogP contribution in [0, 0.1) is 0 Å². The van der Waals surface area contributed by atoms with E-state index in [0.29, 0.717) is 16.2 Å². The van der Waals surface area contributed by atoms with Gasteiger partial charge in [-0.15, -0.1) is 0 Å². The monoisotopic (exact) mass is 210 g/mol. The van der Waals surface area contributed by atoms with E-state index in [9.17, 15) is 4.79 Å². The van der Waals surface area contributed by atoms with Crippen LogP contribution in [0.2, 0.25) is 5.02 Å². The number of esters is 1. The summed E-state index contributed by atoms with van der Waals surface area (Å²) in [7, 11) is 1.32. The molecule has 0 N–H and O–H groups in total. The van der Waals surface area contributed by atoms with Crippen LogP contribution in [0.1, 0.15) is 10.4 Å². The molecular weight excluding hydrogens is 204 g/mol. The summed E-state index contributed by atoms with van der Waals surface area (Å²) < 4.78 is 9.72. The topological polar surface area (TPSA) is 39.4 Å². The molecule has 0 atom stereocenters. The Labute approximate surface area is 85.2 Å². The lowest BCUT2D eigenvalue weighted by Crippen LogP contribution is -2.01. The highest BCUT2D eigenvalue weighted by Gasteiger charge is 2.12. The summed E-state index contributed by atoms with van der Waals surface area (Å²) >= 11 is 5.87. The summed E-state index contributed by atoms with van der Waals surface area (Å²) in [6, 6.07) is 5.01. The number of carbonyl (C=O) groups excluding carboxylic acids is 1. The summed E-state index contributed by atoms with van der Waals surface area (Å²) in [6.45, 7) is 0. The molecule has 1 aromatic heterocycles. The minimum absolute atomic E-state index is 0.333. The number of benzene rings is 1. The third kappa shape index (κ3) is 1.36. The van der Waals surface area contributed by atoms with Crippen LogP contribution in [-0.4, -0.2) is 13.1 Å². The fourth-order valence-corrected chi connectivity index (χ4v) is 1.48. The van der Waals surface area contributed by atoms with E-state index in [-0.39, 0.29) is 0 Å². The zero-order valence-corrected chi connectivity index (χ0v) is 8.17. The van der Waals surface area contributed by atoms with Crippen molar-refractivity contribution in [2.24, 2.45) is 0 Å². The third-order valence-electron chi connectivity index (χ3n) is 1.95. The zero-order chi connectivity index (χ0) is 10.1. The van der Waals surface area contributed by atoms with E-state index in [1.165, 1.54) is 7.11 Å². The number of carbonyl (C=O) groups is 1.